The van der Waals surface area contributed by atoms with Crippen LogP contribution in [0.15, 0.2) is 93.2 Å². The Bertz CT molecular complexity index is 1790. The number of rotatable bonds is 7. The second-order valence-electron chi connectivity index (χ2n) is 9.50. The van der Waals surface area contributed by atoms with E-state index in [4.69, 9.17) is 9.72 Å². The summed E-state index contributed by atoms with van der Waals surface area (Å²) in [5.41, 5.74) is 2.72. The van der Waals surface area contributed by atoms with E-state index in [0.29, 0.717) is 28.0 Å². The van der Waals surface area contributed by atoms with Gasteiger partial charge in [-0.1, -0.05) is 78.3 Å². The van der Waals surface area contributed by atoms with Crippen molar-refractivity contribution in [3.05, 3.63) is 111 Å². The van der Waals surface area contributed by atoms with Crippen LogP contribution in [0.4, 0.5) is 5.69 Å². The van der Waals surface area contributed by atoms with E-state index in [9.17, 15) is 9.59 Å². The molecule has 5 rings (SSSR count). The minimum atomic E-state index is -0.275. The normalized spacial score (nSPS) is 11.5. The number of benzene rings is 4. The first-order valence-electron chi connectivity index (χ1n) is 12.6. The SMILES string of the molecule is Cc1ccccc1NC(=O)COc1ccc2ccccc2c1C=Nn1c(C(C)C)nc2ccc(Br)cc2c1=O. The number of fused-ring (bicyclic) bond motifs is 2. The molecule has 0 fully saturated rings. The number of ether oxygens (including phenoxy) is 1. The van der Waals surface area contributed by atoms with Gasteiger partial charge in [-0.05, 0) is 53.6 Å². The number of amides is 1. The maximum atomic E-state index is 13.5. The van der Waals surface area contributed by atoms with E-state index in [1.807, 2.05) is 93.6 Å². The number of halogens is 1. The van der Waals surface area contributed by atoms with Crippen LogP contribution in [-0.2, 0) is 4.79 Å². The molecule has 0 atom stereocenters. The third-order valence-electron chi connectivity index (χ3n) is 6.36. The van der Waals surface area contributed by atoms with Crippen LogP contribution in [-0.4, -0.2) is 28.4 Å². The maximum absolute atomic E-state index is 13.5. The van der Waals surface area contributed by atoms with Crippen molar-refractivity contribution in [3.63, 3.8) is 0 Å². The van der Waals surface area contributed by atoms with Gasteiger partial charge >= 0.3 is 0 Å². The molecule has 0 aliphatic rings. The van der Waals surface area contributed by atoms with Gasteiger partial charge in [-0.3, -0.25) is 9.59 Å². The summed E-state index contributed by atoms with van der Waals surface area (Å²) in [6.45, 7) is 5.69. The Balaban J connectivity index is 1.53. The molecule has 8 heteroatoms. The lowest BCUT2D eigenvalue weighted by molar-refractivity contribution is -0.118. The number of nitrogens with one attached hydrogen (secondary N) is 1. The summed E-state index contributed by atoms with van der Waals surface area (Å²) in [5, 5.41) is 9.83. The van der Waals surface area contributed by atoms with Crippen molar-refractivity contribution in [2.45, 2.75) is 26.7 Å². The summed E-state index contributed by atoms with van der Waals surface area (Å²) in [6, 6.07) is 24.6. The highest BCUT2D eigenvalue weighted by Crippen LogP contribution is 2.27. The number of aryl methyl sites for hydroxylation is 1. The van der Waals surface area contributed by atoms with E-state index < -0.39 is 0 Å². The van der Waals surface area contributed by atoms with Crippen LogP contribution in [0.3, 0.4) is 0 Å². The average Bonchev–Trinajstić information content (AvgIpc) is 2.93. The van der Waals surface area contributed by atoms with Crippen LogP contribution in [0.2, 0.25) is 0 Å². The Labute approximate surface area is 234 Å². The number of carbonyl (C=O) groups excluding carboxylic acids is 1. The first kappa shape index (κ1) is 26.3. The molecule has 0 spiro atoms. The molecular weight excluding hydrogens is 556 g/mol. The zero-order valence-electron chi connectivity index (χ0n) is 21.8. The second kappa shape index (κ2) is 11.2. The van der Waals surface area contributed by atoms with Gasteiger partial charge in [0, 0.05) is 21.6 Å². The lowest BCUT2D eigenvalue weighted by atomic mass is 10.0. The molecule has 0 bridgehead atoms. The van der Waals surface area contributed by atoms with Crippen molar-refractivity contribution in [2.75, 3.05) is 11.9 Å². The first-order chi connectivity index (χ1) is 18.8. The van der Waals surface area contributed by atoms with E-state index in [2.05, 4.69) is 26.3 Å². The third-order valence-corrected chi connectivity index (χ3v) is 6.85. The predicted octanol–water partition coefficient (Wildman–Crippen LogP) is 6.64. The number of para-hydroxylation sites is 1. The monoisotopic (exact) mass is 582 g/mol. The van der Waals surface area contributed by atoms with Crippen molar-refractivity contribution in [1.82, 2.24) is 9.66 Å². The van der Waals surface area contributed by atoms with Gasteiger partial charge in [-0.25, -0.2) is 4.98 Å². The number of nitrogens with zero attached hydrogens (tertiary/aromatic N) is 3. The average molecular weight is 583 g/mol. The molecule has 7 nitrogen and oxygen atoms in total. The zero-order chi connectivity index (χ0) is 27.5. The standard InChI is InChI=1S/C31H27BrN4O3/c1-19(2)30-35-27-14-13-22(32)16-24(27)31(38)36(30)33-17-25-23-10-6-5-9-21(23)12-15-28(25)39-18-29(37)34-26-11-7-4-8-20(26)3/h4-17,19H,18H2,1-3H3,(H,34,37). The first-order valence-corrected chi connectivity index (χ1v) is 13.4. The van der Waals surface area contributed by atoms with Crippen LogP contribution < -0.4 is 15.6 Å². The Morgan fingerprint density at radius 1 is 1.05 bits per heavy atom. The molecule has 0 radical (unpaired) electrons. The fourth-order valence-electron chi connectivity index (χ4n) is 4.34. The molecule has 1 amide bonds. The Hall–Kier alpha value is -4.30. The van der Waals surface area contributed by atoms with Crippen molar-refractivity contribution in [3.8, 4) is 5.75 Å². The molecule has 1 aromatic heterocycles. The maximum Gasteiger partial charge on any atom is 0.282 e. The topological polar surface area (TPSA) is 85.6 Å². The summed E-state index contributed by atoms with van der Waals surface area (Å²) < 4.78 is 8.12. The van der Waals surface area contributed by atoms with Crippen molar-refractivity contribution >= 4 is 55.4 Å². The van der Waals surface area contributed by atoms with E-state index in [1.165, 1.54) is 4.68 Å². The van der Waals surface area contributed by atoms with Gasteiger partial charge in [0.25, 0.3) is 11.5 Å². The third kappa shape index (κ3) is 5.61. The Kier molecular flexibility index (Phi) is 7.56. The molecule has 0 unspecified atom stereocenters. The van der Waals surface area contributed by atoms with Gasteiger partial charge in [0.15, 0.2) is 6.61 Å². The second-order valence-corrected chi connectivity index (χ2v) is 10.4. The van der Waals surface area contributed by atoms with Crippen LogP contribution in [0, 0.1) is 6.92 Å². The fourth-order valence-corrected chi connectivity index (χ4v) is 4.71. The van der Waals surface area contributed by atoms with Gasteiger partial charge < -0.3 is 10.1 Å². The molecule has 39 heavy (non-hydrogen) atoms. The smallest absolute Gasteiger partial charge is 0.282 e. The fraction of sp³-hybridized carbons (Fsp3) is 0.161. The molecule has 1 heterocycles. The number of anilines is 1. The van der Waals surface area contributed by atoms with Crippen LogP contribution in [0.1, 0.15) is 36.7 Å². The quantitative estimate of drug-likeness (QED) is 0.218. The summed E-state index contributed by atoms with van der Waals surface area (Å²) >= 11 is 3.44. The van der Waals surface area contributed by atoms with E-state index >= 15 is 0 Å². The van der Waals surface area contributed by atoms with Crippen molar-refractivity contribution in [2.24, 2.45) is 5.10 Å². The van der Waals surface area contributed by atoms with Crippen LogP contribution in [0.25, 0.3) is 21.7 Å². The molecule has 196 valence electrons. The summed E-state index contributed by atoms with van der Waals surface area (Å²) in [4.78, 5) is 30.9. The number of aromatic nitrogens is 2. The molecule has 1 N–H and O–H groups in total. The van der Waals surface area contributed by atoms with Crippen LogP contribution >= 0.6 is 15.9 Å². The molecule has 4 aromatic carbocycles. The van der Waals surface area contributed by atoms with Gasteiger partial charge in [0.05, 0.1) is 17.1 Å². The number of hydrogen-bond acceptors (Lipinski definition) is 5. The lowest BCUT2D eigenvalue weighted by Gasteiger charge is -2.14. The predicted molar refractivity (Wildman–Crippen MR) is 160 cm³/mol. The summed E-state index contributed by atoms with van der Waals surface area (Å²) in [7, 11) is 0. The Morgan fingerprint density at radius 3 is 2.62 bits per heavy atom. The molecule has 0 saturated carbocycles. The van der Waals surface area contributed by atoms with Crippen molar-refractivity contribution < 1.29 is 9.53 Å². The number of carbonyl (C=O) groups is 1. The molecule has 0 aliphatic carbocycles. The van der Waals surface area contributed by atoms with E-state index in [1.54, 1.807) is 12.3 Å². The highest BCUT2D eigenvalue weighted by molar-refractivity contribution is 9.10. The van der Waals surface area contributed by atoms with Gasteiger partial charge in [-0.2, -0.15) is 9.78 Å². The highest BCUT2D eigenvalue weighted by atomic mass is 79.9. The largest absolute Gasteiger partial charge is 0.483 e. The van der Waals surface area contributed by atoms with E-state index in [-0.39, 0.29) is 24.0 Å². The van der Waals surface area contributed by atoms with E-state index in [0.717, 1.165) is 26.5 Å². The van der Waals surface area contributed by atoms with Gasteiger partial charge in [0.1, 0.15) is 11.6 Å². The zero-order valence-corrected chi connectivity index (χ0v) is 23.4. The van der Waals surface area contributed by atoms with Crippen LogP contribution in [0.5, 0.6) is 5.75 Å². The Morgan fingerprint density at radius 2 is 1.82 bits per heavy atom. The molecule has 0 saturated heterocycles. The lowest BCUT2D eigenvalue weighted by Crippen LogP contribution is -2.23. The molecule has 5 aromatic rings. The highest BCUT2D eigenvalue weighted by Gasteiger charge is 2.15. The van der Waals surface area contributed by atoms with Crippen molar-refractivity contribution in [1.29, 1.82) is 0 Å². The van der Waals surface area contributed by atoms with Gasteiger partial charge in [-0.15, -0.1) is 0 Å². The van der Waals surface area contributed by atoms with Gasteiger partial charge in [0.2, 0.25) is 0 Å². The minimum absolute atomic E-state index is 0.0451. The minimum Gasteiger partial charge on any atom is -0.483 e. The summed E-state index contributed by atoms with van der Waals surface area (Å²) in [5.74, 6) is 0.707. The molecular formula is C31H27BrN4O3. The number of hydrogen-bond donors (Lipinski definition) is 1. The molecule has 0 aliphatic heterocycles. The summed E-state index contributed by atoms with van der Waals surface area (Å²) in [6.07, 6.45) is 1.61.